The zero-order valence-electron chi connectivity index (χ0n) is 14.0. The lowest BCUT2D eigenvalue weighted by Crippen LogP contribution is -2.30. The van der Waals surface area contributed by atoms with E-state index >= 15 is 0 Å². The second-order valence-electron chi connectivity index (χ2n) is 6.09. The van der Waals surface area contributed by atoms with Gasteiger partial charge < -0.3 is 21.1 Å². The summed E-state index contributed by atoms with van der Waals surface area (Å²) in [4.78, 5) is 24.3. The maximum absolute atomic E-state index is 12.2. The minimum atomic E-state index is -0.193. The molecule has 0 bridgehead atoms. The second kappa shape index (κ2) is 7.25. The fourth-order valence-corrected chi connectivity index (χ4v) is 2.99. The molecule has 2 aromatic rings. The highest BCUT2D eigenvalue weighted by atomic mass is 16.5. The summed E-state index contributed by atoms with van der Waals surface area (Å²) in [5, 5.41) is 5.70. The van der Waals surface area contributed by atoms with Gasteiger partial charge in [0.1, 0.15) is 5.75 Å². The van der Waals surface area contributed by atoms with E-state index in [4.69, 9.17) is 10.5 Å². The second-order valence-corrected chi connectivity index (χ2v) is 6.09. The van der Waals surface area contributed by atoms with Crippen LogP contribution >= 0.6 is 0 Å². The number of rotatable bonds is 5. The number of para-hydroxylation sites is 1. The lowest BCUT2D eigenvalue weighted by atomic mass is 9.89. The number of benzene rings is 2. The van der Waals surface area contributed by atoms with Gasteiger partial charge in [-0.2, -0.15) is 0 Å². The van der Waals surface area contributed by atoms with Gasteiger partial charge in [-0.1, -0.05) is 18.2 Å². The number of amides is 2. The molecular weight excluding hydrogens is 318 g/mol. The van der Waals surface area contributed by atoms with Crippen LogP contribution in [0.25, 0.3) is 0 Å². The highest BCUT2D eigenvalue weighted by Crippen LogP contribution is 2.28. The Morgan fingerprint density at radius 2 is 2.12 bits per heavy atom. The van der Waals surface area contributed by atoms with Crippen molar-refractivity contribution in [3.8, 4) is 5.75 Å². The topological polar surface area (TPSA) is 93.5 Å². The van der Waals surface area contributed by atoms with E-state index in [1.54, 1.807) is 18.2 Å². The van der Waals surface area contributed by atoms with Gasteiger partial charge in [-0.3, -0.25) is 9.59 Å². The number of carbonyl (C=O) groups excluding carboxylic acids is 2. The summed E-state index contributed by atoms with van der Waals surface area (Å²) in [7, 11) is 1.54. The maximum atomic E-state index is 12.2. The summed E-state index contributed by atoms with van der Waals surface area (Å²) < 4.78 is 5.09. The molecule has 0 aliphatic carbocycles. The molecule has 0 spiro atoms. The number of nitrogens with one attached hydrogen (secondary N) is 2. The van der Waals surface area contributed by atoms with Crippen LogP contribution in [0.2, 0.25) is 0 Å². The van der Waals surface area contributed by atoms with Gasteiger partial charge in [0.25, 0.3) is 0 Å². The third-order valence-corrected chi connectivity index (χ3v) is 4.35. The van der Waals surface area contributed by atoms with E-state index in [1.165, 1.54) is 7.11 Å². The maximum Gasteiger partial charge on any atom is 0.227 e. The van der Waals surface area contributed by atoms with Gasteiger partial charge in [0.15, 0.2) is 0 Å². The van der Waals surface area contributed by atoms with E-state index in [1.807, 2.05) is 24.3 Å². The van der Waals surface area contributed by atoms with Crippen molar-refractivity contribution >= 4 is 28.9 Å². The molecule has 2 aromatic carbocycles. The molecule has 1 aliphatic heterocycles. The van der Waals surface area contributed by atoms with E-state index in [0.29, 0.717) is 30.0 Å². The number of hydrogen-bond donors (Lipinski definition) is 3. The van der Waals surface area contributed by atoms with Gasteiger partial charge in [0, 0.05) is 23.7 Å². The zero-order valence-corrected chi connectivity index (χ0v) is 14.0. The molecule has 2 amide bonds. The summed E-state index contributed by atoms with van der Waals surface area (Å²) in [6, 6.07) is 12.8. The Balaban J connectivity index is 1.56. The molecule has 6 heteroatoms. The summed E-state index contributed by atoms with van der Waals surface area (Å²) in [5.41, 5.74) is 8.88. The number of carbonyl (C=O) groups is 2. The third-order valence-electron chi connectivity index (χ3n) is 4.35. The molecule has 130 valence electrons. The molecule has 0 aromatic heterocycles. The summed E-state index contributed by atoms with van der Waals surface area (Å²) in [5.74, 6) is 0.202. The molecule has 1 atom stereocenters. The lowest BCUT2D eigenvalue weighted by Gasteiger charge is -2.24. The van der Waals surface area contributed by atoms with Crippen molar-refractivity contribution in [2.75, 3.05) is 23.5 Å². The van der Waals surface area contributed by atoms with Crippen molar-refractivity contribution in [2.24, 2.45) is 5.92 Å². The molecule has 1 unspecified atom stereocenters. The number of nitrogens with two attached hydrogens (primary N) is 1. The molecule has 1 aliphatic rings. The fraction of sp³-hybridized carbons (Fsp3) is 0.263. The molecule has 0 fully saturated rings. The zero-order chi connectivity index (χ0) is 17.8. The molecule has 1 heterocycles. The predicted octanol–water partition coefficient (Wildman–Crippen LogP) is 2.81. The fourth-order valence-electron chi connectivity index (χ4n) is 2.99. The molecular formula is C19H21N3O3. The first-order valence-electron chi connectivity index (χ1n) is 8.19. The predicted molar refractivity (Wildman–Crippen MR) is 97.5 cm³/mol. The van der Waals surface area contributed by atoms with Gasteiger partial charge in [0.05, 0.1) is 12.8 Å². The molecule has 0 saturated heterocycles. The average Bonchev–Trinajstić information content (AvgIpc) is 2.60. The lowest BCUT2D eigenvalue weighted by molar-refractivity contribution is -0.121. The Bertz CT molecular complexity index is 804. The van der Waals surface area contributed by atoms with Crippen molar-refractivity contribution in [1.29, 1.82) is 0 Å². The van der Waals surface area contributed by atoms with Gasteiger partial charge in [-0.15, -0.1) is 0 Å². The Morgan fingerprint density at radius 1 is 1.32 bits per heavy atom. The standard InChI is InChI=1S/C19H21N3O3/c1-25-17-8-7-14(11-15(17)20)21-18(23)9-6-13-10-12-4-2-3-5-16(12)22-19(13)24/h2-5,7-8,11,13H,6,9-10,20H2,1H3,(H,21,23)(H,22,24). The number of anilines is 3. The van der Waals surface area contributed by atoms with Crippen LogP contribution in [0.3, 0.4) is 0 Å². The Hall–Kier alpha value is -3.02. The van der Waals surface area contributed by atoms with Crippen molar-refractivity contribution in [3.63, 3.8) is 0 Å². The molecule has 3 rings (SSSR count). The summed E-state index contributed by atoms with van der Waals surface area (Å²) in [6.07, 6.45) is 1.43. The minimum absolute atomic E-state index is 0.0276. The van der Waals surface area contributed by atoms with E-state index in [-0.39, 0.29) is 24.2 Å². The average molecular weight is 339 g/mol. The Morgan fingerprint density at radius 3 is 2.88 bits per heavy atom. The number of nitrogen functional groups attached to an aromatic ring is 1. The van der Waals surface area contributed by atoms with Crippen molar-refractivity contribution in [2.45, 2.75) is 19.3 Å². The Kier molecular flexibility index (Phi) is 4.88. The number of hydrogen-bond acceptors (Lipinski definition) is 4. The first-order valence-corrected chi connectivity index (χ1v) is 8.19. The molecule has 4 N–H and O–H groups in total. The van der Waals surface area contributed by atoms with Gasteiger partial charge >= 0.3 is 0 Å². The smallest absolute Gasteiger partial charge is 0.227 e. The van der Waals surface area contributed by atoms with E-state index < -0.39 is 0 Å². The molecule has 25 heavy (non-hydrogen) atoms. The van der Waals surface area contributed by atoms with Gasteiger partial charge in [-0.25, -0.2) is 0 Å². The molecule has 0 saturated carbocycles. The van der Waals surface area contributed by atoms with Gasteiger partial charge in [-0.05, 0) is 42.7 Å². The van der Waals surface area contributed by atoms with Crippen LogP contribution in [-0.2, 0) is 16.0 Å². The van der Waals surface area contributed by atoms with E-state index in [0.717, 1.165) is 11.3 Å². The molecule has 6 nitrogen and oxygen atoms in total. The quantitative estimate of drug-likeness (QED) is 0.730. The molecule has 0 radical (unpaired) electrons. The van der Waals surface area contributed by atoms with Crippen molar-refractivity contribution in [1.82, 2.24) is 0 Å². The van der Waals surface area contributed by atoms with E-state index in [2.05, 4.69) is 10.6 Å². The monoisotopic (exact) mass is 339 g/mol. The van der Waals surface area contributed by atoms with Gasteiger partial charge in [0.2, 0.25) is 11.8 Å². The Labute approximate surface area is 146 Å². The van der Waals surface area contributed by atoms with Crippen LogP contribution in [0.5, 0.6) is 5.75 Å². The minimum Gasteiger partial charge on any atom is -0.495 e. The normalized spacial score (nSPS) is 15.9. The third kappa shape index (κ3) is 3.91. The highest BCUT2D eigenvalue weighted by Gasteiger charge is 2.26. The number of methoxy groups -OCH3 is 1. The van der Waals surface area contributed by atoms with Crippen molar-refractivity contribution < 1.29 is 14.3 Å². The van der Waals surface area contributed by atoms with Crippen LogP contribution in [0.1, 0.15) is 18.4 Å². The number of ether oxygens (including phenoxy) is 1. The summed E-state index contributed by atoms with van der Waals surface area (Å²) >= 11 is 0. The first kappa shape index (κ1) is 16.8. The summed E-state index contributed by atoms with van der Waals surface area (Å²) in [6.45, 7) is 0. The van der Waals surface area contributed by atoms with E-state index in [9.17, 15) is 9.59 Å². The van der Waals surface area contributed by atoms with Crippen LogP contribution in [-0.4, -0.2) is 18.9 Å². The highest BCUT2D eigenvalue weighted by molar-refractivity contribution is 5.96. The number of fused-ring (bicyclic) bond motifs is 1. The van der Waals surface area contributed by atoms with Crippen LogP contribution < -0.4 is 21.1 Å². The first-order chi connectivity index (χ1) is 12.1. The SMILES string of the molecule is COc1ccc(NC(=O)CCC2Cc3ccccc3NC2=O)cc1N. The van der Waals surface area contributed by atoms with Crippen molar-refractivity contribution in [3.05, 3.63) is 48.0 Å². The van der Waals surface area contributed by atoms with Crippen LogP contribution in [0.4, 0.5) is 17.1 Å². The van der Waals surface area contributed by atoms with Crippen LogP contribution in [0.15, 0.2) is 42.5 Å². The largest absolute Gasteiger partial charge is 0.495 e. The van der Waals surface area contributed by atoms with Crippen LogP contribution in [0, 0.1) is 5.92 Å².